The zero-order valence-electron chi connectivity index (χ0n) is 6.14. The number of nitrogens with zero attached hydrogens (tertiary/aromatic N) is 3. The Balaban J connectivity index is 2.98. The van der Waals surface area contributed by atoms with E-state index in [0.717, 1.165) is 0 Å². The van der Waals surface area contributed by atoms with E-state index >= 15 is 0 Å². The smallest absolute Gasteiger partial charge is 0.259 e. The first-order valence-corrected chi connectivity index (χ1v) is 3.36. The van der Waals surface area contributed by atoms with E-state index in [9.17, 15) is 4.79 Å². The molecule has 0 aromatic carbocycles. The third-order valence-electron chi connectivity index (χ3n) is 1.47. The summed E-state index contributed by atoms with van der Waals surface area (Å²) in [5.41, 5.74) is 5.70. The molecular formula is C7H6N4O. The quantitative estimate of drug-likeness (QED) is 0.575. The standard InChI is InChI=1S/C7H6N4O/c8-5-3-10-7-9-2-1-6(12)11(7)4-5/h1-4H,8H2. The molecule has 0 saturated heterocycles. The summed E-state index contributed by atoms with van der Waals surface area (Å²) >= 11 is 0. The molecule has 60 valence electrons. The number of nitrogens with two attached hydrogens (primary N) is 1. The third kappa shape index (κ3) is 0.914. The Labute approximate surface area is 67.5 Å². The first kappa shape index (κ1) is 6.78. The Morgan fingerprint density at radius 1 is 1.42 bits per heavy atom. The van der Waals surface area contributed by atoms with Gasteiger partial charge >= 0.3 is 0 Å². The van der Waals surface area contributed by atoms with Gasteiger partial charge < -0.3 is 5.73 Å². The minimum absolute atomic E-state index is 0.181. The van der Waals surface area contributed by atoms with Gasteiger partial charge in [0.15, 0.2) is 0 Å². The molecule has 2 rings (SSSR count). The zero-order valence-corrected chi connectivity index (χ0v) is 6.14. The van der Waals surface area contributed by atoms with Gasteiger partial charge in [-0.2, -0.15) is 0 Å². The van der Waals surface area contributed by atoms with E-state index in [1.165, 1.54) is 29.1 Å². The molecule has 2 aromatic rings. The predicted molar refractivity (Wildman–Crippen MR) is 43.7 cm³/mol. The van der Waals surface area contributed by atoms with Crippen LogP contribution in [0.2, 0.25) is 0 Å². The summed E-state index contributed by atoms with van der Waals surface area (Å²) in [6.07, 6.45) is 4.38. The molecule has 5 nitrogen and oxygen atoms in total. The summed E-state index contributed by atoms with van der Waals surface area (Å²) in [6, 6.07) is 1.36. The average molecular weight is 162 g/mol. The maximum absolute atomic E-state index is 11.2. The van der Waals surface area contributed by atoms with Crippen LogP contribution in [0.25, 0.3) is 5.78 Å². The molecule has 0 unspecified atom stereocenters. The second-order valence-corrected chi connectivity index (χ2v) is 2.34. The van der Waals surface area contributed by atoms with E-state index in [-0.39, 0.29) is 5.56 Å². The van der Waals surface area contributed by atoms with Crippen LogP contribution in [-0.2, 0) is 0 Å². The van der Waals surface area contributed by atoms with Gasteiger partial charge in [0, 0.05) is 18.5 Å². The average Bonchev–Trinajstić information content (AvgIpc) is 2.07. The Bertz CT molecular complexity index is 476. The topological polar surface area (TPSA) is 73.3 Å². The molecule has 0 fully saturated rings. The lowest BCUT2D eigenvalue weighted by molar-refractivity contribution is 0.999. The van der Waals surface area contributed by atoms with Crippen LogP contribution in [0.3, 0.4) is 0 Å². The number of rotatable bonds is 0. The van der Waals surface area contributed by atoms with Crippen molar-refractivity contribution < 1.29 is 0 Å². The van der Waals surface area contributed by atoms with Crippen LogP contribution in [-0.4, -0.2) is 14.4 Å². The fraction of sp³-hybridized carbons (Fsp3) is 0. The molecule has 0 saturated carbocycles. The van der Waals surface area contributed by atoms with Gasteiger partial charge in [0.2, 0.25) is 5.78 Å². The van der Waals surface area contributed by atoms with Crippen molar-refractivity contribution in [3.8, 4) is 0 Å². The van der Waals surface area contributed by atoms with Gasteiger partial charge in [-0.25, -0.2) is 14.4 Å². The minimum atomic E-state index is -0.181. The summed E-state index contributed by atoms with van der Waals surface area (Å²) in [6.45, 7) is 0. The van der Waals surface area contributed by atoms with Gasteiger partial charge in [0.1, 0.15) is 0 Å². The lowest BCUT2D eigenvalue weighted by atomic mass is 10.5. The first-order valence-electron chi connectivity index (χ1n) is 3.36. The van der Waals surface area contributed by atoms with Crippen molar-refractivity contribution in [3.05, 3.63) is 35.0 Å². The summed E-state index contributed by atoms with van der Waals surface area (Å²) in [5.74, 6) is 0.358. The van der Waals surface area contributed by atoms with Crippen LogP contribution >= 0.6 is 0 Å². The van der Waals surface area contributed by atoms with Crippen LogP contribution < -0.4 is 11.3 Å². The van der Waals surface area contributed by atoms with Gasteiger partial charge in [-0.15, -0.1) is 0 Å². The Morgan fingerprint density at radius 3 is 3.08 bits per heavy atom. The molecular weight excluding hydrogens is 156 g/mol. The summed E-state index contributed by atoms with van der Waals surface area (Å²) < 4.78 is 1.30. The third-order valence-corrected chi connectivity index (χ3v) is 1.47. The normalized spacial score (nSPS) is 10.3. The van der Waals surface area contributed by atoms with Gasteiger partial charge in [0.25, 0.3) is 5.56 Å². The second kappa shape index (κ2) is 2.30. The lowest BCUT2D eigenvalue weighted by Crippen LogP contribution is -2.14. The van der Waals surface area contributed by atoms with Crippen LogP contribution in [0, 0.1) is 0 Å². The number of fused-ring (bicyclic) bond motifs is 1. The molecule has 12 heavy (non-hydrogen) atoms. The van der Waals surface area contributed by atoms with Crippen molar-refractivity contribution >= 4 is 11.5 Å². The van der Waals surface area contributed by atoms with Crippen LogP contribution in [0.1, 0.15) is 0 Å². The number of hydrogen-bond donors (Lipinski definition) is 1. The molecule has 0 radical (unpaired) electrons. The Morgan fingerprint density at radius 2 is 2.25 bits per heavy atom. The highest BCUT2D eigenvalue weighted by atomic mass is 16.1. The van der Waals surface area contributed by atoms with Crippen molar-refractivity contribution in [2.45, 2.75) is 0 Å². The van der Waals surface area contributed by atoms with Gasteiger partial charge in [0.05, 0.1) is 11.9 Å². The SMILES string of the molecule is Nc1cnc2nccc(=O)n2c1. The second-order valence-electron chi connectivity index (χ2n) is 2.34. The maximum Gasteiger partial charge on any atom is 0.259 e. The van der Waals surface area contributed by atoms with Crippen molar-refractivity contribution in [2.24, 2.45) is 0 Å². The Kier molecular flexibility index (Phi) is 1.30. The molecule has 2 N–H and O–H groups in total. The number of hydrogen-bond acceptors (Lipinski definition) is 4. The summed E-state index contributed by atoms with van der Waals surface area (Å²) in [4.78, 5) is 18.9. The highest BCUT2D eigenvalue weighted by molar-refractivity contribution is 5.38. The van der Waals surface area contributed by atoms with Crippen molar-refractivity contribution in [3.63, 3.8) is 0 Å². The molecule has 0 aliphatic carbocycles. The molecule has 0 amide bonds. The first-order chi connectivity index (χ1) is 5.77. The largest absolute Gasteiger partial charge is 0.396 e. The van der Waals surface area contributed by atoms with E-state index in [1.807, 2.05) is 0 Å². The van der Waals surface area contributed by atoms with Crippen molar-refractivity contribution in [1.82, 2.24) is 14.4 Å². The fourth-order valence-corrected chi connectivity index (χ4v) is 0.940. The van der Waals surface area contributed by atoms with E-state index in [2.05, 4.69) is 9.97 Å². The lowest BCUT2D eigenvalue weighted by Gasteiger charge is -1.97. The number of aromatic nitrogens is 3. The van der Waals surface area contributed by atoms with Gasteiger partial charge in [-0.1, -0.05) is 0 Å². The van der Waals surface area contributed by atoms with Crippen molar-refractivity contribution in [2.75, 3.05) is 5.73 Å². The fourth-order valence-electron chi connectivity index (χ4n) is 0.940. The van der Waals surface area contributed by atoms with E-state index in [0.29, 0.717) is 11.5 Å². The monoisotopic (exact) mass is 162 g/mol. The van der Waals surface area contributed by atoms with E-state index in [1.54, 1.807) is 0 Å². The zero-order chi connectivity index (χ0) is 8.55. The Hall–Kier alpha value is -1.91. The van der Waals surface area contributed by atoms with Gasteiger partial charge in [-0.3, -0.25) is 4.79 Å². The van der Waals surface area contributed by atoms with Crippen LogP contribution in [0.15, 0.2) is 29.5 Å². The molecule has 0 aliphatic heterocycles. The van der Waals surface area contributed by atoms with Crippen LogP contribution in [0.4, 0.5) is 5.69 Å². The number of nitrogen functional groups attached to an aromatic ring is 1. The molecule has 0 aliphatic rings. The van der Waals surface area contributed by atoms with E-state index in [4.69, 9.17) is 5.73 Å². The molecule has 0 atom stereocenters. The molecule has 0 spiro atoms. The molecule has 2 aromatic heterocycles. The molecule has 0 bridgehead atoms. The van der Waals surface area contributed by atoms with Gasteiger partial charge in [-0.05, 0) is 0 Å². The summed E-state index contributed by atoms with van der Waals surface area (Å²) in [5, 5.41) is 0. The minimum Gasteiger partial charge on any atom is -0.396 e. The highest BCUT2D eigenvalue weighted by Crippen LogP contribution is 1.97. The number of anilines is 1. The van der Waals surface area contributed by atoms with Crippen LogP contribution in [0.5, 0.6) is 0 Å². The van der Waals surface area contributed by atoms with E-state index < -0.39 is 0 Å². The molecule has 2 heterocycles. The summed E-state index contributed by atoms with van der Waals surface area (Å²) in [7, 11) is 0. The van der Waals surface area contributed by atoms with Crippen molar-refractivity contribution in [1.29, 1.82) is 0 Å². The predicted octanol–water partition coefficient (Wildman–Crippen LogP) is -0.328. The maximum atomic E-state index is 11.2. The highest BCUT2D eigenvalue weighted by Gasteiger charge is 1.95. The molecule has 5 heteroatoms.